The van der Waals surface area contributed by atoms with Gasteiger partial charge in [-0.05, 0) is 29.8 Å². The molecule has 1 unspecified atom stereocenters. The average molecular weight is 336 g/mol. The van der Waals surface area contributed by atoms with E-state index in [1.807, 2.05) is 66.7 Å². The number of hydrogen-bond donors (Lipinski definition) is 0. The molecule has 2 heterocycles. The van der Waals surface area contributed by atoms with E-state index >= 15 is 0 Å². The van der Waals surface area contributed by atoms with Crippen LogP contribution in [-0.2, 0) is 0 Å². The number of nitrogens with zero attached hydrogens (tertiary/aromatic N) is 3. The minimum atomic E-state index is -0.192. The Hall–Kier alpha value is -2.85. The van der Waals surface area contributed by atoms with Gasteiger partial charge in [0.05, 0.1) is 0 Å². The quantitative estimate of drug-likeness (QED) is 0.536. The van der Waals surface area contributed by atoms with Gasteiger partial charge in [-0.1, -0.05) is 54.1 Å². The molecule has 0 bridgehead atoms. The van der Waals surface area contributed by atoms with Crippen LogP contribution in [0.15, 0.2) is 83.8 Å². The second-order valence-electron chi connectivity index (χ2n) is 5.40. The van der Waals surface area contributed by atoms with Crippen LogP contribution < -0.4 is 0 Å². The molecule has 2 aromatic carbocycles. The van der Waals surface area contributed by atoms with Gasteiger partial charge in [0, 0.05) is 10.6 Å². The van der Waals surface area contributed by atoms with Gasteiger partial charge in [0.1, 0.15) is 30.2 Å². The lowest BCUT2D eigenvalue weighted by Gasteiger charge is -2.15. The lowest BCUT2D eigenvalue weighted by atomic mass is 10.1. The van der Waals surface area contributed by atoms with E-state index in [0.717, 1.165) is 22.6 Å². The predicted octanol–water partition coefficient (Wildman–Crippen LogP) is 4.83. The Morgan fingerprint density at radius 2 is 1.71 bits per heavy atom. The van der Waals surface area contributed by atoms with Crippen molar-refractivity contribution in [3.63, 3.8) is 0 Å². The number of furan rings is 1. The standard InChI is InChI=1S/C19H14ClN3O/c20-16-8-6-15(7-9-16)19(23-13-21-12-22-23)18-11-10-17(24-18)14-4-2-1-3-5-14/h1-13,19H. The highest BCUT2D eigenvalue weighted by Crippen LogP contribution is 2.31. The van der Waals surface area contributed by atoms with Crippen LogP contribution in [0.1, 0.15) is 17.4 Å². The SMILES string of the molecule is Clc1ccc(C(c2ccc(-c3ccccc3)o2)n2cncn2)cc1. The molecule has 0 radical (unpaired) electrons. The summed E-state index contributed by atoms with van der Waals surface area (Å²) in [5.74, 6) is 1.62. The Kier molecular flexibility index (Phi) is 3.89. The second kappa shape index (κ2) is 6.34. The van der Waals surface area contributed by atoms with Crippen molar-refractivity contribution < 1.29 is 4.42 Å². The van der Waals surface area contributed by atoms with Gasteiger partial charge in [-0.15, -0.1) is 0 Å². The summed E-state index contributed by atoms with van der Waals surface area (Å²) in [6.07, 6.45) is 3.20. The Labute approximate surface area is 144 Å². The van der Waals surface area contributed by atoms with E-state index < -0.39 is 0 Å². The van der Waals surface area contributed by atoms with Crippen LogP contribution in [0.5, 0.6) is 0 Å². The first-order chi connectivity index (χ1) is 11.8. The molecule has 0 aliphatic heterocycles. The lowest BCUT2D eigenvalue weighted by molar-refractivity contribution is 0.448. The molecule has 24 heavy (non-hydrogen) atoms. The summed E-state index contributed by atoms with van der Waals surface area (Å²) >= 11 is 6.01. The van der Waals surface area contributed by atoms with Crippen LogP contribution in [0.25, 0.3) is 11.3 Å². The fraction of sp³-hybridized carbons (Fsp3) is 0.0526. The third-order valence-corrected chi connectivity index (χ3v) is 4.09. The Bertz CT molecular complexity index is 915. The fourth-order valence-electron chi connectivity index (χ4n) is 2.70. The molecule has 0 N–H and O–H groups in total. The first-order valence-electron chi connectivity index (χ1n) is 7.56. The van der Waals surface area contributed by atoms with Gasteiger partial charge in [-0.3, -0.25) is 0 Å². The smallest absolute Gasteiger partial charge is 0.137 e. The third kappa shape index (κ3) is 2.84. The van der Waals surface area contributed by atoms with E-state index in [0.29, 0.717) is 5.02 Å². The topological polar surface area (TPSA) is 43.9 Å². The van der Waals surface area contributed by atoms with E-state index in [4.69, 9.17) is 16.0 Å². The molecular weight excluding hydrogens is 322 g/mol. The molecule has 118 valence electrons. The van der Waals surface area contributed by atoms with E-state index in [9.17, 15) is 0 Å². The summed E-state index contributed by atoms with van der Waals surface area (Å²) in [4.78, 5) is 4.06. The van der Waals surface area contributed by atoms with Crippen molar-refractivity contribution in [2.45, 2.75) is 6.04 Å². The summed E-state index contributed by atoms with van der Waals surface area (Å²) in [6, 6.07) is 21.4. The van der Waals surface area contributed by atoms with E-state index in [1.54, 1.807) is 11.0 Å². The molecule has 0 spiro atoms. The summed E-state index contributed by atoms with van der Waals surface area (Å²) in [6.45, 7) is 0. The molecular formula is C19H14ClN3O. The van der Waals surface area contributed by atoms with E-state index in [-0.39, 0.29) is 6.04 Å². The van der Waals surface area contributed by atoms with Crippen LogP contribution in [0.3, 0.4) is 0 Å². The van der Waals surface area contributed by atoms with Gasteiger partial charge < -0.3 is 4.42 Å². The van der Waals surface area contributed by atoms with Crippen molar-refractivity contribution in [1.82, 2.24) is 14.8 Å². The minimum absolute atomic E-state index is 0.192. The van der Waals surface area contributed by atoms with Gasteiger partial charge in [0.15, 0.2) is 0 Å². The molecule has 1 atom stereocenters. The zero-order chi connectivity index (χ0) is 16.4. The number of hydrogen-bond acceptors (Lipinski definition) is 3. The minimum Gasteiger partial charge on any atom is -0.458 e. The highest BCUT2D eigenvalue weighted by atomic mass is 35.5. The summed E-state index contributed by atoms with van der Waals surface area (Å²) < 4.78 is 7.89. The van der Waals surface area contributed by atoms with Gasteiger partial charge in [0.25, 0.3) is 0 Å². The summed E-state index contributed by atoms with van der Waals surface area (Å²) in [7, 11) is 0. The molecule has 0 amide bonds. The maximum absolute atomic E-state index is 6.12. The number of halogens is 1. The van der Waals surface area contributed by atoms with E-state index in [2.05, 4.69) is 10.1 Å². The molecule has 0 fully saturated rings. The molecule has 5 heteroatoms. The van der Waals surface area contributed by atoms with Crippen LogP contribution in [0, 0.1) is 0 Å². The lowest BCUT2D eigenvalue weighted by Crippen LogP contribution is -2.12. The maximum Gasteiger partial charge on any atom is 0.137 e. The van der Waals surface area contributed by atoms with Gasteiger partial charge in [0.2, 0.25) is 0 Å². The normalized spacial score (nSPS) is 12.2. The zero-order valence-corrected chi connectivity index (χ0v) is 13.5. The number of benzene rings is 2. The van der Waals surface area contributed by atoms with E-state index in [1.165, 1.54) is 6.33 Å². The van der Waals surface area contributed by atoms with Crippen molar-refractivity contribution in [3.05, 3.63) is 95.7 Å². The van der Waals surface area contributed by atoms with Crippen LogP contribution in [0.4, 0.5) is 0 Å². The number of aromatic nitrogens is 3. The fourth-order valence-corrected chi connectivity index (χ4v) is 2.83. The Balaban J connectivity index is 1.77. The molecule has 4 nitrogen and oxygen atoms in total. The number of rotatable bonds is 4. The van der Waals surface area contributed by atoms with Crippen molar-refractivity contribution in [2.75, 3.05) is 0 Å². The van der Waals surface area contributed by atoms with Gasteiger partial charge >= 0.3 is 0 Å². The van der Waals surface area contributed by atoms with Crippen molar-refractivity contribution in [1.29, 1.82) is 0 Å². The Morgan fingerprint density at radius 3 is 2.42 bits per heavy atom. The van der Waals surface area contributed by atoms with Crippen LogP contribution in [-0.4, -0.2) is 14.8 Å². The molecule has 0 aliphatic carbocycles. The molecule has 4 rings (SSSR count). The van der Waals surface area contributed by atoms with Crippen LogP contribution in [0.2, 0.25) is 5.02 Å². The van der Waals surface area contributed by atoms with Crippen molar-refractivity contribution >= 4 is 11.6 Å². The monoisotopic (exact) mass is 335 g/mol. The molecule has 0 saturated heterocycles. The van der Waals surface area contributed by atoms with Crippen molar-refractivity contribution in [3.8, 4) is 11.3 Å². The summed E-state index contributed by atoms with van der Waals surface area (Å²) in [5.41, 5.74) is 2.07. The Morgan fingerprint density at radius 1 is 0.917 bits per heavy atom. The first kappa shape index (κ1) is 14.7. The average Bonchev–Trinajstić information content (AvgIpc) is 3.30. The molecule has 0 saturated carbocycles. The third-order valence-electron chi connectivity index (χ3n) is 3.84. The molecule has 0 aliphatic rings. The first-order valence-corrected chi connectivity index (χ1v) is 7.94. The maximum atomic E-state index is 6.12. The van der Waals surface area contributed by atoms with Crippen LogP contribution >= 0.6 is 11.6 Å². The highest BCUT2D eigenvalue weighted by molar-refractivity contribution is 6.30. The zero-order valence-electron chi connectivity index (χ0n) is 12.7. The molecule has 4 aromatic rings. The van der Waals surface area contributed by atoms with Crippen molar-refractivity contribution in [2.24, 2.45) is 0 Å². The highest BCUT2D eigenvalue weighted by Gasteiger charge is 2.21. The van der Waals surface area contributed by atoms with Gasteiger partial charge in [-0.25, -0.2) is 9.67 Å². The molecule has 2 aromatic heterocycles. The van der Waals surface area contributed by atoms with Gasteiger partial charge in [-0.2, -0.15) is 5.10 Å². The predicted molar refractivity (Wildman–Crippen MR) is 92.9 cm³/mol. The summed E-state index contributed by atoms with van der Waals surface area (Å²) in [5, 5.41) is 4.98. The second-order valence-corrected chi connectivity index (χ2v) is 5.83. The largest absolute Gasteiger partial charge is 0.458 e.